The molecule has 0 amide bonds. The van der Waals surface area contributed by atoms with Gasteiger partial charge in [-0.3, -0.25) is 4.90 Å². The summed E-state index contributed by atoms with van der Waals surface area (Å²) in [6.45, 7) is 2.40. The lowest BCUT2D eigenvalue weighted by atomic mass is 10.2. The fourth-order valence-corrected chi connectivity index (χ4v) is 2.62. The molecule has 4 N–H and O–H groups in total. The summed E-state index contributed by atoms with van der Waals surface area (Å²) in [5.74, 6) is 6.04. The minimum Gasteiger partial charge on any atom is -0.392 e. The summed E-state index contributed by atoms with van der Waals surface area (Å²) in [7, 11) is 4.11. The molecule has 0 radical (unpaired) electrons. The Morgan fingerprint density at radius 3 is 3.00 bits per heavy atom. The van der Waals surface area contributed by atoms with Gasteiger partial charge in [-0.15, -0.1) is 0 Å². The standard InChI is InChI=1S/C13H23N5O/c1-17(2)8-11-6-12(19)9-18(11)7-10-4-3-5-13(15-10)16-14/h3-5,11-12,19H,6-9,14H2,1-2H3,(H,15,16). The maximum absolute atomic E-state index is 9.85. The van der Waals surface area contributed by atoms with Crippen molar-refractivity contribution >= 4 is 5.82 Å². The fourth-order valence-electron chi connectivity index (χ4n) is 2.62. The number of nitrogens with one attached hydrogen (secondary N) is 1. The molecule has 1 aliphatic rings. The maximum Gasteiger partial charge on any atom is 0.140 e. The molecule has 2 heterocycles. The molecule has 0 saturated carbocycles. The number of nitrogen functional groups attached to an aromatic ring is 1. The van der Waals surface area contributed by atoms with Gasteiger partial charge in [0.1, 0.15) is 5.82 Å². The first kappa shape index (κ1) is 14.2. The van der Waals surface area contributed by atoms with E-state index in [-0.39, 0.29) is 6.10 Å². The smallest absolute Gasteiger partial charge is 0.140 e. The molecule has 106 valence electrons. The fraction of sp³-hybridized carbons (Fsp3) is 0.615. The number of β-amino-alcohol motifs (C(OH)–C–C–N with tert-alkyl or cyclic N) is 1. The highest BCUT2D eigenvalue weighted by atomic mass is 16.3. The number of rotatable bonds is 5. The van der Waals surface area contributed by atoms with Crippen LogP contribution in [0, 0.1) is 0 Å². The van der Waals surface area contributed by atoms with E-state index >= 15 is 0 Å². The predicted octanol–water partition coefficient (Wildman–Crippen LogP) is -0.136. The van der Waals surface area contributed by atoms with Gasteiger partial charge in [0.2, 0.25) is 0 Å². The first-order chi connectivity index (χ1) is 9.08. The van der Waals surface area contributed by atoms with Gasteiger partial charge in [-0.05, 0) is 32.6 Å². The van der Waals surface area contributed by atoms with E-state index < -0.39 is 0 Å². The molecule has 0 aliphatic carbocycles. The monoisotopic (exact) mass is 265 g/mol. The van der Waals surface area contributed by atoms with Crippen molar-refractivity contribution in [2.45, 2.75) is 25.1 Å². The lowest BCUT2D eigenvalue weighted by Gasteiger charge is -2.26. The number of aliphatic hydroxyl groups excluding tert-OH is 1. The van der Waals surface area contributed by atoms with Crippen LogP contribution in [-0.2, 0) is 6.54 Å². The topological polar surface area (TPSA) is 77.7 Å². The number of likely N-dealkylation sites (tertiary alicyclic amines) is 1. The SMILES string of the molecule is CN(C)CC1CC(O)CN1Cc1cccc(NN)n1. The molecule has 1 fully saturated rings. The lowest BCUT2D eigenvalue weighted by molar-refractivity contribution is 0.168. The van der Waals surface area contributed by atoms with Crippen LogP contribution in [0.2, 0.25) is 0 Å². The molecule has 2 rings (SSSR count). The van der Waals surface area contributed by atoms with Crippen LogP contribution >= 0.6 is 0 Å². The van der Waals surface area contributed by atoms with E-state index in [0.717, 1.165) is 25.2 Å². The van der Waals surface area contributed by atoms with E-state index in [9.17, 15) is 5.11 Å². The molecule has 1 aromatic heterocycles. The number of aromatic nitrogens is 1. The molecule has 1 saturated heterocycles. The summed E-state index contributed by atoms with van der Waals surface area (Å²) < 4.78 is 0. The molecule has 0 spiro atoms. The van der Waals surface area contributed by atoms with Crippen LogP contribution in [0.4, 0.5) is 5.82 Å². The third-order valence-electron chi connectivity index (χ3n) is 3.40. The van der Waals surface area contributed by atoms with Crippen LogP contribution in [0.1, 0.15) is 12.1 Å². The van der Waals surface area contributed by atoms with Gasteiger partial charge in [-0.1, -0.05) is 6.07 Å². The predicted molar refractivity (Wildman–Crippen MR) is 75.4 cm³/mol. The number of aliphatic hydroxyl groups is 1. The number of pyridine rings is 1. The van der Waals surface area contributed by atoms with E-state index in [1.807, 2.05) is 18.2 Å². The normalized spacial score (nSPS) is 24.1. The molecule has 6 nitrogen and oxygen atoms in total. The molecule has 2 unspecified atom stereocenters. The average molecular weight is 265 g/mol. The Bertz CT molecular complexity index is 412. The summed E-state index contributed by atoms with van der Waals surface area (Å²) in [6.07, 6.45) is 0.591. The van der Waals surface area contributed by atoms with Crippen LogP contribution < -0.4 is 11.3 Å². The van der Waals surface area contributed by atoms with Crippen molar-refractivity contribution in [3.8, 4) is 0 Å². The second-order valence-electron chi connectivity index (χ2n) is 5.39. The molecule has 0 aromatic carbocycles. The zero-order valence-corrected chi connectivity index (χ0v) is 11.6. The van der Waals surface area contributed by atoms with E-state index in [1.54, 1.807) is 0 Å². The number of anilines is 1. The maximum atomic E-state index is 9.85. The minimum absolute atomic E-state index is 0.235. The molecular weight excluding hydrogens is 242 g/mol. The number of hydrogen-bond acceptors (Lipinski definition) is 6. The van der Waals surface area contributed by atoms with Crippen molar-refractivity contribution in [3.05, 3.63) is 23.9 Å². The van der Waals surface area contributed by atoms with Gasteiger partial charge in [0.25, 0.3) is 0 Å². The Morgan fingerprint density at radius 2 is 2.32 bits per heavy atom. The second-order valence-corrected chi connectivity index (χ2v) is 5.39. The summed E-state index contributed by atoms with van der Waals surface area (Å²) in [5, 5.41) is 9.85. The van der Waals surface area contributed by atoms with Crippen molar-refractivity contribution in [2.75, 3.05) is 32.6 Å². The third kappa shape index (κ3) is 3.87. The van der Waals surface area contributed by atoms with Crippen LogP contribution in [0.15, 0.2) is 18.2 Å². The first-order valence-electron chi connectivity index (χ1n) is 6.58. The molecule has 1 aliphatic heterocycles. The van der Waals surface area contributed by atoms with E-state index in [0.29, 0.717) is 18.4 Å². The highest BCUT2D eigenvalue weighted by molar-refractivity contribution is 5.33. The average Bonchev–Trinajstić information content (AvgIpc) is 2.69. The Kier molecular flexibility index (Phi) is 4.71. The van der Waals surface area contributed by atoms with Gasteiger partial charge in [0.05, 0.1) is 11.8 Å². The number of likely N-dealkylation sites (N-methyl/N-ethyl adjacent to an activating group) is 1. The Hall–Kier alpha value is -1.21. The van der Waals surface area contributed by atoms with Crippen molar-refractivity contribution in [2.24, 2.45) is 5.84 Å². The van der Waals surface area contributed by atoms with Crippen molar-refractivity contribution in [1.29, 1.82) is 0 Å². The van der Waals surface area contributed by atoms with Gasteiger partial charge in [-0.2, -0.15) is 0 Å². The van der Waals surface area contributed by atoms with Crippen molar-refractivity contribution < 1.29 is 5.11 Å². The highest BCUT2D eigenvalue weighted by Crippen LogP contribution is 2.20. The summed E-state index contributed by atoms with van der Waals surface area (Å²) >= 11 is 0. The van der Waals surface area contributed by atoms with Crippen LogP contribution in [0.25, 0.3) is 0 Å². The highest BCUT2D eigenvalue weighted by Gasteiger charge is 2.31. The summed E-state index contributed by atoms with van der Waals surface area (Å²) in [4.78, 5) is 8.86. The zero-order chi connectivity index (χ0) is 13.8. The van der Waals surface area contributed by atoms with E-state index in [1.165, 1.54) is 0 Å². The summed E-state index contributed by atoms with van der Waals surface area (Å²) in [6, 6.07) is 6.13. The number of hydrogen-bond donors (Lipinski definition) is 3. The van der Waals surface area contributed by atoms with E-state index in [2.05, 4.69) is 34.3 Å². The van der Waals surface area contributed by atoms with Crippen molar-refractivity contribution in [3.63, 3.8) is 0 Å². The number of nitrogens with zero attached hydrogens (tertiary/aromatic N) is 3. The molecule has 0 bridgehead atoms. The Labute approximate surface area is 114 Å². The Balaban J connectivity index is 2.03. The second kappa shape index (κ2) is 6.29. The molecule has 2 atom stereocenters. The Morgan fingerprint density at radius 1 is 1.53 bits per heavy atom. The van der Waals surface area contributed by atoms with Gasteiger partial charge >= 0.3 is 0 Å². The quantitative estimate of drug-likeness (QED) is 0.508. The number of hydrazine groups is 1. The third-order valence-corrected chi connectivity index (χ3v) is 3.40. The molecule has 6 heteroatoms. The molecule has 19 heavy (non-hydrogen) atoms. The van der Waals surface area contributed by atoms with Gasteiger partial charge in [-0.25, -0.2) is 10.8 Å². The molecular formula is C13H23N5O. The van der Waals surface area contributed by atoms with Crippen LogP contribution in [-0.4, -0.2) is 59.2 Å². The lowest BCUT2D eigenvalue weighted by Crippen LogP contribution is -2.37. The van der Waals surface area contributed by atoms with Crippen molar-refractivity contribution in [1.82, 2.24) is 14.8 Å². The zero-order valence-electron chi connectivity index (χ0n) is 11.6. The van der Waals surface area contributed by atoms with Gasteiger partial charge < -0.3 is 15.4 Å². The first-order valence-corrected chi connectivity index (χ1v) is 6.58. The van der Waals surface area contributed by atoms with E-state index in [4.69, 9.17) is 5.84 Å². The van der Waals surface area contributed by atoms with Crippen LogP contribution in [0.5, 0.6) is 0 Å². The van der Waals surface area contributed by atoms with Crippen LogP contribution in [0.3, 0.4) is 0 Å². The molecule has 1 aromatic rings. The van der Waals surface area contributed by atoms with Gasteiger partial charge in [0.15, 0.2) is 0 Å². The number of nitrogens with two attached hydrogens (primary N) is 1. The minimum atomic E-state index is -0.235. The largest absolute Gasteiger partial charge is 0.392 e. The van der Waals surface area contributed by atoms with Gasteiger partial charge in [0, 0.05) is 25.7 Å². The summed E-state index contributed by atoms with van der Waals surface area (Å²) in [5.41, 5.74) is 3.52.